The Labute approximate surface area is 126 Å². The number of nitrogen functional groups attached to an aromatic ring is 1. The quantitative estimate of drug-likeness (QED) is 0.880. The number of nitrogens with zero attached hydrogens (tertiary/aromatic N) is 1. The maximum atomic E-state index is 13.7. The minimum absolute atomic E-state index is 0.0149. The van der Waals surface area contributed by atoms with E-state index in [1.165, 1.54) is 30.3 Å². The van der Waals surface area contributed by atoms with Crippen molar-refractivity contribution in [2.24, 2.45) is 0 Å². The van der Waals surface area contributed by atoms with Crippen LogP contribution in [-0.4, -0.2) is 8.42 Å². The Bertz CT molecular complexity index is 845. The van der Waals surface area contributed by atoms with Crippen molar-refractivity contribution >= 4 is 27.1 Å². The largest absolute Gasteiger partial charge is 0.399 e. The normalized spacial score (nSPS) is 11.1. The molecule has 0 fully saturated rings. The van der Waals surface area contributed by atoms with Gasteiger partial charge in [0.1, 0.15) is 5.82 Å². The zero-order valence-corrected chi connectivity index (χ0v) is 12.2. The molecule has 21 heavy (non-hydrogen) atoms. The zero-order chi connectivity index (χ0) is 15.6. The molecule has 4 nitrogen and oxygen atoms in total. The van der Waals surface area contributed by atoms with Crippen LogP contribution in [0.2, 0.25) is 5.02 Å². The fourth-order valence-electron chi connectivity index (χ4n) is 1.80. The standard InChI is InChI=1S/C14H10ClFN2O2S/c15-12-3-2-11(18)6-14(12)21(19,20)8-10-5-9(7-17)1-4-13(10)16/h1-6H,8,18H2. The molecule has 0 bridgehead atoms. The van der Waals surface area contributed by atoms with E-state index in [4.69, 9.17) is 22.6 Å². The Morgan fingerprint density at radius 1 is 1.24 bits per heavy atom. The van der Waals surface area contributed by atoms with Crippen LogP contribution in [-0.2, 0) is 15.6 Å². The van der Waals surface area contributed by atoms with E-state index in [-0.39, 0.29) is 26.7 Å². The summed E-state index contributed by atoms with van der Waals surface area (Å²) in [6.45, 7) is 0. The van der Waals surface area contributed by atoms with E-state index in [0.717, 1.165) is 6.07 Å². The van der Waals surface area contributed by atoms with Gasteiger partial charge in [0.2, 0.25) is 0 Å². The minimum Gasteiger partial charge on any atom is -0.399 e. The predicted molar refractivity (Wildman–Crippen MR) is 77.9 cm³/mol. The van der Waals surface area contributed by atoms with Gasteiger partial charge in [-0.05, 0) is 36.4 Å². The molecule has 0 atom stereocenters. The van der Waals surface area contributed by atoms with Crippen LogP contribution in [0, 0.1) is 17.1 Å². The van der Waals surface area contributed by atoms with Crippen molar-refractivity contribution in [2.75, 3.05) is 5.73 Å². The highest BCUT2D eigenvalue weighted by molar-refractivity contribution is 7.90. The first-order chi connectivity index (χ1) is 9.83. The van der Waals surface area contributed by atoms with Gasteiger partial charge in [0, 0.05) is 11.3 Å². The molecule has 0 aliphatic rings. The topological polar surface area (TPSA) is 84.0 Å². The molecule has 108 valence electrons. The van der Waals surface area contributed by atoms with Crippen LogP contribution in [0.1, 0.15) is 11.1 Å². The van der Waals surface area contributed by atoms with E-state index in [1.807, 2.05) is 6.07 Å². The minimum atomic E-state index is -3.88. The fourth-order valence-corrected chi connectivity index (χ4v) is 3.73. The average Bonchev–Trinajstić information content (AvgIpc) is 2.43. The Kier molecular flexibility index (Phi) is 4.16. The number of sulfone groups is 1. The summed E-state index contributed by atoms with van der Waals surface area (Å²) in [7, 11) is -3.88. The highest BCUT2D eigenvalue weighted by atomic mass is 35.5. The van der Waals surface area contributed by atoms with Gasteiger partial charge < -0.3 is 5.73 Å². The van der Waals surface area contributed by atoms with Gasteiger partial charge in [-0.1, -0.05) is 11.6 Å². The summed E-state index contributed by atoms with van der Waals surface area (Å²) in [6, 6.07) is 9.43. The fraction of sp³-hybridized carbons (Fsp3) is 0.0714. The SMILES string of the molecule is N#Cc1ccc(F)c(CS(=O)(=O)c2cc(N)ccc2Cl)c1. The van der Waals surface area contributed by atoms with Crippen molar-refractivity contribution in [3.63, 3.8) is 0 Å². The van der Waals surface area contributed by atoms with Gasteiger partial charge in [0.25, 0.3) is 0 Å². The number of rotatable bonds is 3. The first-order valence-electron chi connectivity index (χ1n) is 5.80. The Balaban J connectivity index is 2.47. The lowest BCUT2D eigenvalue weighted by Gasteiger charge is -2.08. The molecule has 0 saturated heterocycles. The molecule has 2 rings (SSSR count). The summed E-state index contributed by atoms with van der Waals surface area (Å²) < 4.78 is 38.4. The summed E-state index contributed by atoms with van der Waals surface area (Å²) >= 11 is 5.86. The highest BCUT2D eigenvalue weighted by Gasteiger charge is 2.21. The zero-order valence-electron chi connectivity index (χ0n) is 10.7. The third kappa shape index (κ3) is 3.32. The molecule has 0 radical (unpaired) electrons. The smallest absolute Gasteiger partial charge is 0.184 e. The van der Waals surface area contributed by atoms with Gasteiger partial charge >= 0.3 is 0 Å². The second kappa shape index (κ2) is 5.72. The number of hydrogen-bond donors (Lipinski definition) is 1. The van der Waals surface area contributed by atoms with Crippen LogP contribution in [0.25, 0.3) is 0 Å². The van der Waals surface area contributed by atoms with E-state index >= 15 is 0 Å². The van der Waals surface area contributed by atoms with Crippen molar-refractivity contribution in [3.8, 4) is 6.07 Å². The van der Waals surface area contributed by atoms with Crippen LogP contribution in [0.3, 0.4) is 0 Å². The number of nitrogens with two attached hydrogens (primary N) is 1. The third-order valence-electron chi connectivity index (χ3n) is 2.81. The van der Waals surface area contributed by atoms with E-state index in [2.05, 4.69) is 0 Å². The predicted octanol–water partition coefficient (Wildman–Crippen LogP) is 2.91. The summed E-state index contributed by atoms with van der Waals surface area (Å²) in [5.41, 5.74) is 5.88. The summed E-state index contributed by atoms with van der Waals surface area (Å²) in [5.74, 6) is -1.30. The van der Waals surface area contributed by atoms with Gasteiger partial charge in [-0.3, -0.25) is 0 Å². The van der Waals surface area contributed by atoms with Crippen molar-refractivity contribution in [3.05, 3.63) is 58.4 Å². The summed E-state index contributed by atoms with van der Waals surface area (Å²) in [5, 5.41) is 8.80. The van der Waals surface area contributed by atoms with Crippen LogP contribution >= 0.6 is 11.6 Å². The van der Waals surface area contributed by atoms with E-state index < -0.39 is 21.4 Å². The maximum Gasteiger partial charge on any atom is 0.184 e. The summed E-state index contributed by atoms with van der Waals surface area (Å²) in [4.78, 5) is -0.161. The van der Waals surface area contributed by atoms with Crippen LogP contribution < -0.4 is 5.73 Å². The first-order valence-corrected chi connectivity index (χ1v) is 7.83. The highest BCUT2D eigenvalue weighted by Crippen LogP contribution is 2.27. The number of anilines is 1. The Morgan fingerprint density at radius 2 is 1.95 bits per heavy atom. The first kappa shape index (κ1) is 15.3. The maximum absolute atomic E-state index is 13.7. The molecule has 7 heteroatoms. The molecule has 0 heterocycles. The molecule has 2 aromatic rings. The number of hydrogen-bond acceptors (Lipinski definition) is 4. The van der Waals surface area contributed by atoms with Crippen molar-refractivity contribution in [1.29, 1.82) is 5.26 Å². The van der Waals surface area contributed by atoms with Crippen molar-refractivity contribution in [2.45, 2.75) is 10.6 Å². The molecule has 2 N–H and O–H groups in total. The number of benzene rings is 2. The molecule has 0 amide bonds. The molecule has 0 unspecified atom stereocenters. The van der Waals surface area contributed by atoms with Crippen molar-refractivity contribution < 1.29 is 12.8 Å². The molecular weight excluding hydrogens is 315 g/mol. The van der Waals surface area contributed by atoms with Gasteiger partial charge in [-0.25, -0.2) is 12.8 Å². The van der Waals surface area contributed by atoms with Crippen LogP contribution in [0.15, 0.2) is 41.3 Å². The monoisotopic (exact) mass is 324 g/mol. The van der Waals surface area contributed by atoms with Crippen LogP contribution in [0.5, 0.6) is 0 Å². The number of halogens is 2. The second-order valence-electron chi connectivity index (χ2n) is 4.37. The van der Waals surface area contributed by atoms with E-state index in [0.29, 0.717) is 0 Å². The third-order valence-corrected chi connectivity index (χ3v) is 4.95. The lowest BCUT2D eigenvalue weighted by molar-refractivity contribution is 0.587. The molecule has 0 aliphatic heterocycles. The lowest BCUT2D eigenvalue weighted by Crippen LogP contribution is -2.08. The van der Waals surface area contributed by atoms with Gasteiger partial charge in [-0.2, -0.15) is 5.26 Å². The average molecular weight is 325 g/mol. The number of nitriles is 1. The van der Waals surface area contributed by atoms with Crippen molar-refractivity contribution in [1.82, 2.24) is 0 Å². The second-order valence-corrected chi connectivity index (χ2v) is 6.73. The molecule has 2 aromatic carbocycles. The molecule has 0 spiro atoms. The Hall–Kier alpha value is -2.10. The van der Waals surface area contributed by atoms with Crippen LogP contribution in [0.4, 0.5) is 10.1 Å². The molecule has 0 saturated carbocycles. The lowest BCUT2D eigenvalue weighted by atomic mass is 10.1. The van der Waals surface area contributed by atoms with E-state index in [9.17, 15) is 12.8 Å². The van der Waals surface area contributed by atoms with Gasteiger partial charge in [0.15, 0.2) is 9.84 Å². The van der Waals surface area contributed by atoms with E-state index in [1.54, 1.807) is 0 Å². The molecule has 0 aliphatic carbocycles. The Morgan fingerprint density at radius 3 is 2.62 bits per heavy atom. The van der Waals surface area contributed by atoms with Gasteiger partial charge in [-0.15, -0.1) is 0 Å². The van der Waals surface area contributed by atoms with Gasteiger partial charge in [0.05, 0.1) is 27.3 Å². The summed E-state index contributed by atoms with van der Waals surface area (Å²) in [6.07, 6.45) is 0. The molecule has 0 aromatic heterocycles. The molecular formula is C14H10ClFN2O2S.